The summed E-state index contributed by atoms with van der Waals surface area (Å²) < 4.78 is 1.70. The van der Waals surface area contributed by atoms with E-state index in [1.54, 1.807) is 17.8 Å². The number of carboxylic acids is 1. The first-order valence-electron chi connectivity index (χ1n) is 6.25. The minimum Gasteiger partial charge on any atom is -0.478 e. The molecule has 0 aliphatic carbocycles. The molecule has 1 N–H and O–H groups in total. The van der Waals surface area contributed by atoms with E-state index < -0.39 is 5.97 Å². The van der Waals surface area contributed by atoms with Gasteiger partial charge in [0, 0.05) is 11.6 Å². The Hall–Kier alpha value is -2.69. The summed E-state index contributed by atoms with van der Waals surface area (Å²) in [5.41, 5.74) is 2.88. The lowest BCUT2D eigenvalue weighted by Gasteiger charge is -2.08. The number of hydrogen-bond acceptors (Lipinski definition) is 3. The van der Waals surface area contributed by atoms with Crippen molar-refractivity contribution in [3.05, 3.63) is 59.5 Å². The summed E-state index contributed by atoms with van der Waals surface area (Å²) >= 11 is 0. The predicted octanol–water partition coefficient (Wildman–Crippen LogP) is 2.49. The molecule has 0 aliphatic rings. The number of aromatic nitrogens is 3. The molecule has 0 fully saturated rings. The summed E-state index contributed by atoms with van der Waals surface area (Å²) in [7, 11) is 0. The monoisotopic (exact) mass is 267 g/mol. The normalized spacial score (nSPS) is 10.8. The fourth-order valence-corrected chi connectivity index (χ4v) is 2.27. The van der Waals surface area contributed by atoms with Gasteiger partial charge < -0.3 is 5.11 Å². The molecule has 0 spiro atoms. The lowest BCUT2D eigenvalue weighted by Crippen LogP contribution is -2.06. The molecule has 5 heteroatoms. The maximum atomic E-state index is 11.0. The van der Waals surface area contributed by atoms with Crippen molar-refractivity contribution in [2.75, 3.05) is 0 Å². The molecule has 20 heavy (non-hydrogen) atoms. The van der Waals surface area contributed by atoms with Crippen LogP contribution in [-0.4, -0.2) is 25.8 Å². The highest BCUT2D eigenvalue weighted by Crippen LogP contribution is 2.18. The molecule has 5 nitrogen and oxygen atoms in total. The number of fused-ring (bicyclic) bond motifs is 1. The van der Waals surface area contributed by atoms with E-state index >= 15 is 0 Å². The largest absolute Gasteiger partial charge is 0.478 e. The molecular formula is C15H13N3O2. The van der Waals surface area contributed by atoms with Gasteiger partial charge in [0.15, 0.2) is 0 Å². The smallest absolute Gasteiger partial charge is 0.339 e. The third-order valence-corrected chi connectivity index (χ3v) is 3.39. The number of rotatable bonds is 3. The number of carbonyl (C=O) groups is 1. The lowest BCUT2D eigenvalue weighted by molar-refractivity contribution is 0.0696. The van der Waals surface area contributed by atoms with Crippen LogP contribution < -0.4 is 0 Å². The molecule has 100 valence electrons. The van der Waals surface area contributed by atoms with Crippen molar-refractivity contribution in [1.82, 2.24) is 14.8 Å². The fraction of sp³-hybridized carbons (Fsp3) is 0.133. The van der Waals surface area contributed by atoms with E-state index in [1.165, 1.54) is 6.20 Å². The molecule has 0 saturated carbocycles. The van der Waals surface area contributed by atoms with E-state index in [2.05, 4.69) is 10.1 Å². The average molecular weight is 267 g/mol. The molecule has 3 aromatic rings. The fourth-order valence-electron chi connectivity index (χ4n) is 2.27. The highest BCUT2D eigenvalue weighted by Gasteiger charge is 2.13. The highest BCUT2D eigenvalue weighted by molar-refractivity contribution is 5.88. The molecule has 0 atom stereocenters. The van der Waals surface area contributed by atoms with Crippen molar-refractivity contribution in [1.29, 1.82) is 0 Å². The average Bonchev–Trinajstić information content (AvgIpc) is 2.81. The maximum Gasteiger partial charge on any atom is 0.339 e. The second-order valence-corrected chi connectivity index (χ2v) is 4.59. The van der Waals surface area contributed by atoms with Gasteiger partial charge in [-0.05, 0) is 24.6 Å². The Labute approximate surface area is 115 Å². The van der Waals surface area contributed by atoms with E-state index in [1.807, 2.05) is 30.3 Å². The van der Waals surface area contributed by atoms with Crippen LogP contribution in [0.3, 0.4) is 0 Å². The van der Waals surface area contributed by atoms with Gasteiger partial charge in [-0.3, -0.25) is 9.67 Å². The van der Waals surface area contributed by atoms with E-state index in [-0.39, 0.29) is 5.56 Å². The zero-order chi connectivity index (χ0) is 14.1. The second-order valence-electron chi connectivity index (χ2n) is 4.59. The van der Waals surface area contributed by atoms with Gasteiger partial charge in [-0.15, -0.1) is 0 Å². The molecule has 2 heterocycles. The molecule has 2 aromatic heterocycles. The SMILES string of the molecule is Cc1c(C(=O)O)cnn1Cc1ccnc2ccccc12. The Bertz CT molecular complexity index is 787. The summed E-state index contributed by atoms with van der Waals surface area (Å²) in [4.78, 5) is 15.4. The van der Waals surface area contributed by atoms with E-state index in [4.69, 9.17) is 5.11 Å². The number of pyridine rings is 1. The first kappa shape index (κ1) is 12.3. The minimum atomic E-state index is -0.951. The Balaban J connectivity index is 2.04. The summed E-state index contributed by atoms with van der Waals surface area (Å²) in [5.74, 6) is -0.951. The topological polar surface area (TPSA) is 68.0 Å². The van der Waals surface area contributed by atoms with Crippen LogP contribution in [-0.2, 0) is 6.54 Å². The highest BCUT2D eigenvalue weighted by atomic mass is 16.4. The minimum absolute atomic E-state index is 0.239. The van der Waals surface area contributed by atoms with Crippen LogP contribution in [0.15, 0.2) is 42.7 Å². The van der Waals surface area contributed by atoms with Crippen molar-refractivity contribution < 1.29 is 9.90 Å². The Morgan fingerprint density at radius 3 is 2.85 bits per heavy atom. The van der Waals surface area contributed by atoms with Gasteiger partial charge in [0.05, 0.1) is 24.0 Å². The molecule has 0 unspecified atom stereocenters. The van der Waals surface area contributed by atoms with Gasteiger partial charge in [0.2, 0.25) is 0 Å². The van der Waals surface area contributed by atoms with E-state index in [9.17, 15) is 4.79 Å². The standard InChI is InChI=1S/C15H13N3O2/c1-10-13(15(19)20)8-17-18(10)9-11-6-7-16-14-5-3-2-4-12(11)14/h2-8H,9H2,1H3,(H,19,20). The number of aromatic carboxylic acids is 1. The van der Waals surface area contributed by atoms with E-state index in [0.717, 1.165) is 16.5 Å². The van der Waals surface area contributed by atoms with Crippen molar-refractivity contribution in [2.45, 2.75) is 13.5 Å². The Kier molecular flexibility index (Phi) is 2.95. The predicted molar refractivity (Wildman–Crippen MR) is 74.8 cm³/mol. The number of para-hydroxylation sites is 1. The van der Waals surface area contributed by atoms with Crippen LogP contribution in [0.25, 0.3) is 10.9 Å². The molecule has 3 rings (SSSR count). The van der Waals surface area contributed by atoms with Crippen LogP contribution in [0, 0.1) is 6.92 Å². The zero-order valence-electron chi connectivity index (χ0n) is 10.9. The summed E-state index contributed by atoms with van der Waals surface area (Å²) in [6.45, 7) is 2.29. The van der Waals surface area contributed by atoms with Crippen LogP contribution in [0.4, 0.5) is 0 Å². The van der Waals surface area contributed by atoms with Crippen molar-refractivity contribution in [3.63, 3.8) is 0 Å². The molecule has 1 aromatic carbocycles. The van der Waals surface area contributed by atoms with Gasteiger partial charge in [0.25, 0.3) is 0 Å². The van der Waals surface area contributed by atoms with Crippen LogP contribution in [0.1, 0.15) is 21.6 Å². The molecule has 0 amide bonds. The van der Waals surface area contributed by atoms with Gasteiger partial charge >= 0.3 is 5.97 Å². The van der Waals surface area contributed by atoms with Crippen molar-refractivity contribution in [2.24, 2.45) is 0 Å². The molecule has 0 radical (unpaired) electrons. The van der Waals surface area contributed by atoms with Crippen molar-refractivity contribution >= 4 is 16.9 Å². The second kappa shape index (κ2) is 4.77. The molecular weight excluding hydrogens is 254 g/mol. The third-order valence-electron chi connectivity index (χ3n) is 3.39. The van der Waals surface area contributed by atoms with E-state index in [0.29, 0.717) is 12.2 Å². The Morgan fingerprint density at radius 2 is 2.10 bits per heavy atom. The van der Waals surface area contributed by atoms with Crippen LogP contribution in [0.2, 0.25) is 0 Å². The van der Waals surface area contributed by atoms with Gasteiger partial charge in [-0.2, -0.15) is 5.10 Å². The number of nitrogens with zero attached hydrogens (tertiary/aromatic N) is 3. The summed E-state index contributed by atoms with van der Waals surface area (Å²) in [6.07, 6.45) is 3.15. The van der Waals surface area contributed by atoms with Gasteiger partial charge in [-0.1, -0.05) is 18.2 Å². The lowest BCUT2D eigenvalue weighted by atomic mass is 10.1. The summed E-state index contributed by atoms with van der Waals surface area (Å²) in [6, 6.07) is 9.81. The number of benzene rings is 1. The molecule has 0 aliphatic heterocycles. The number of hydrogen-bond donors (Lipinski definition) is 1. The van der Waals surface area contributed by atoms with Gasteiger partial charge in [0.1, 0.15) is 5.56 Å². The summed E-state index contributed by atoms with van der Waals surface area (Å²) in [5, 5.41) is 14.3. The maximum absolute atomic E-state index is 11.0. The molecule has 0 bridgehead atoms. The quantitative estimate of drug-likeness (QED) is 0.791. The first-order chi connectivity index (χ1) is 9.66. The van der Waals surface area contributed by atoms with Gasteiger partial charge in [-0.25, -0.2) is 4.79 Å². The van der Waals surface area contributed by atoms with Crippen molar-refractivity contribution in [3.8, 4) is 0 Å². The zero-order valence-corrected chi connectivity index (χ0v) is 10.9. The van der Waals surface area contributed by atoms with Crippen LogP contribution >= 0.6 is 0 Å². The molecule has 0 saturated heterocycles. The Morgan fingerprint density at radius 1 is 1.30 bits per heavy atom. The first-order valence-corrected chi connectivity index (χ1v) is 6.25. The van der Waals surface area contributed by atoms with Crippen LogP contribution in [0.5, 0.6) is 0 Å². The third kappa shape index (κ3) is 2.03. The number of carboxylic acid groups (broad SMARTS) is 1.